The van der Waals surface area contributed by atoms with Gasteiger partial charge in [-0.25, -0.2) is 9.98 Å². The zero-order valence-corrected chi connectivity index (χ0v) is 16.1. The van der Waals surface area contributed by atoms with Crippen molar-refractivity contribution in [1.29, 1.82) is 0 Å². The van der Waals surface area contributed by atoms with Gasteiger partial charge in [0.05, 0.1) is 12.7 Å². The first kappa shape index (κ1) is 19.3. The fraction of sp³-hybridized carbons (Fsp3) is 0.722. The van der Waals surface area contributed by atoms with E-state index in [1.54, 1.807) is 25.2 Å². The lowest BCUT2D eigenvalue weighted by atomic mass is 9.94. The summed E-state index contributed by atoms with van der Waals surface area (Å²) in [6.07, 6.45) is 6.51. The summed E-state index contributed by atoms with van der Waals surface area (Å²) < 4.78 is 5.80. The second-order valence-corrected chi connectivity index (χ2v) is 7.80. The Labute approximate surface area is 150 Å². The largest absolute Gasteiger partial charge is 0.443 e. The average molecular weight is 349 g/mol. The van der Waals surface area contributed by atoms with Crippen molar-refractivity contribution in [2.45, 2.75) is 64.5 Å². The number of carbonyl (C=O) groups is 1. The zero-order chi connectivity index (χ0) is 18.4. The maximum atomic E-state index is 11.8. The average Bonchev–Trinajstić information content (AvgIpc) is 3.20. The van der Waals surface area contributed by atoms with Gasteiger partial charge in [-0.15, -0.1) is 0 Å². The van der Waals surface area contributed by atoms with Crippen LogP contribution in [0.3, 0.4) is 0 Å². The summed E-state index contributed by atoms with van der Waals surface area (Å²) >= 11 is 0. The topological polar surface area (TPSA) is 82.8 Å². The van der Waals surface area contributed by atoms with Gasteiger partial charge >= 0.3 is 0 Å². The third kappa shape index (κ3) is 6.07. The molecule has 7 nitrogen and oxygen atoms in total. The molecule has 2 rings (SSSR count). The highest BCUT2D eigenvalue weighted by Crippen LogP contribution is 2.22. The number of oxazole rings is 1. The molecule has 2 N–H and O–H groups in total. The van der Waals surface area contributed by atoms with Gasteiger partial charge < -0.3 is 20.0 Å². The minimum absolute atomic E-state index is 0.0290. The molecular weight excluding hydrogens is 318 g/mol. The summed E-state index contributed by atoms with van der Waals surface area (Å²) in [5.74, 6) is 2.08. The van der Waals surface area contributed by atoms with Crippen molar-refractivity contribution < 1.29 is 9.21 Å². The molecule has 140 valence electrons. The van der Waals surface area contributed by atoms with Crippen LogP contribution in [0, 0.1) is 0 Å². The Balaban J connectivity index is 1.98. The second-order valence-electron chi connectivity index (χ2n) is 7.80. The third-order valence-corrected chi connectivity index (χ3v) is 4.27. The van der Waals surface area contributed by atoms with Gasteiger partial charge in [0.15, 0.2) is 5.96 Å². The molecule has 7 heteroatoms. The molecular formula is C18H31N5O2. The highest BCUT2D eigenvalue weighted by Gasteiger charge is 2.20. The van der Waals surface area contributed by atoms with E-state index in [4.69, 9.17) is 4.42 Å². The standard InChI is InChI=1S/C18H31N5O2/c1-18(2,3)14-10-19-15(25-14)11-20-17(21-12-16(24)23(4)5)22-13-8-6-7-9-13/h10,13H,6-9,11-12H2,1-5H3,(H2,20,21,22). The molecule has 1 aliphatic carbocycles. The van der Waals surface area contributed by atoms with Crippen LogP contribution in [0.1, 0.15) is 58.1 Å². The number of aromatic nitrogens is 1. The number of carbonyl (C=O) groups excluding carboxylic acids is 1. The fourth-order valence-corrected chi connectivity index (χ4v) is 2.60. The van der Waals surface area contributed by atoms with Crippen LogP contribution in [0.4, 0.5) is 0 Å². The zero-order valence-electron chi connectivity index (χ0n) is 16.1. The molecule has 1 aromatic heterocycles. The first-order chi connectivity index (χ1) is 11.8. The quantitative estimate of drug-likeness (QED) is 0.628. The van der Waals surface area contributed by atoms with Crippen LogP contribution in [0.2, 0.25) is 0 Å². The molecule has 0 saturated heterocycles. The lowest BCUT2D eigenvalue weighted by Crippen LogP contribution is -2.42. The second kappa shape index (κ2) is 8.36. The van der Waals surface area contributed by atoms with E-state index in [-0.39, 0.29) is 17.9 Å². The molecule has 0 aliphatic heterocycles. The smallest absolute Gasteiger partial charge is 0.243 e. The third-order valence-electron chi connectivity index (χ3n) is 4.27. The van der Waals surface area contributed by atoms with Gasteiger partial charge in [0.25, 0.3) is 0 Å². The van der Waals surface area contributed by atoms with Crippen molar-refractivity contribution in [2.24, 2.45) is 4.99 Å². The van der Waals surface area contributed by atoms with Crippen LogP contribution in [0.15, 0.2) is 15.6 Å². The van der Waals surface area contributed by atoms with Crippen molar-refractivity contribution in [3.8, 4) is 0 Å². The lowest BCUT2D eigenvalue weighted by Gasteiger charge is -2.17. The molecule has 0 spiro atoms. The summed E-state index contributed by atoms with van der Waals surface area (Å²) in [4.78, 5) is 22.1. The highest BCUT2D eigenvalue weighted by atomic mass is 16.4. The normalized spacial score (nSPS) is 16.1. The van der Waals surface area contributed by atoms with Crippen LogP contribution in [0.5, 0.6) is 0 Å². The lowest BCUT2D eigenvalue weighted by molar-refractivity contribution is -0.127. The van der Waals surface area contributed by atoms with E-state index < -0.39 is 0 Å². The van der Waals surface area contributed by atoms with Gasteiger partial charge in [0, 0.05) is 25.6 Å². The number of aliphatic imine (C=N–C) groups is 1. The van der Waals surface area contributed by atoms with Crippen LogP contribution in [-0.4, -0.2) is 48.4 Å². The summed E-state index contributed by atoms with van der Waals surface area (Å²) in [6, 6.07) is 0.412. The Kier molecular flexibility index (Phi) is 6.45. The summed E-state index contributed by atoms with van der Waals surface area (Å²) in [7, 11) is 3.46. The predicted molar refractivity (Wildman–Crippen MR) is 98.4 cm³/mol. The molecule has 1 fully saturated rings. The molecule has 0 aromatic carbocycles. The van der Waals surface area contributed by atoms with Gasteiger partial charge in [-0.1, -0.05) is 33.6 Å². The van der Waals surface area contributed by atoms with Gasteiger partial charge in [0.1, 0.15) is 12.3 Å². The van der Waals surface area contributed by atoms with Crippen molar-refractivity contribution in [1.82, 2.24) is 20.5 Å². The van der Waals surface area contributed by atoms with E-state index in [0.717, 1.165) is 18.6 Å². The molecule has 0 bridgehead atoms. The SMILES string of the molecule is CN(C)C(=O)CN=C(NCc1ncc(C(C)(C)C)o1)NC1CCCC1. The number of amides is 1. The molecule has 1 aliphatic rings. The van der Waals surface area contributed by atoms with E-state index in [0.29, 0.717) is 24.4 Å². The number of nitrogens with one attached hydrogen (secondary N) is 2. The van der Waals surface area contributed by atoms with E-state index in [9.17, 15) is 4.79 Å². The molecule has 0 radical (unpaired) electrons. The minimum Gasteiger partial charge on any atom is -0.443 e. The van der Waals surface area contributed by atoms with Crippen molar-refractivity contribution in [2.75, 3.05) is 20.6 Å². The first-order valence-corrected chi connectivity index (χ1v) is 8.96. The first-order valence-electron chi connectivity index (χ1n) is 8.96. The Morgan fingerprint density at radius 2 is 2.04 bits per heavy atom. The highest BCUT2D eigenvalue weighted by molar-refractivity contribution is 5.84. The Hall–Kier alpha value is -2.05. The Morgan fingerprint density at radius 3 is 2.60 bits per heavy atom. The summed E-state index contributed by atoms with van der Waals surface area (Å²) in [5, 5.41) is 6.65. The van der Waals surface area contributed by atoms with Gasteiger partial charge in [0.2, 0.25) is 11.8 Å². The van der Waals surface area contributed by atoms with E-state index in [1.165, 1.54) is 12.8 Å². The molecule has 0 atom stereocenters. The number of likely N-dealkylation sites (N-methyl/N-ethyl adjacent to an activating group) is 1. The van der Waals surface area contributed by atoms with Crippen LogP contribution >= 0.6 is 0 Å². The molecule has 1 heterocycles. The Bertz CT molecular complexity index is 595. The monoisotopic (exact) mass is 349 g/mol. The van der Waals surface area contributed by atoms with E-state index in [2.05, 4.69) is 41.4 Å². The van der Waals surface area contributed by atoms with Crippen LogP contribution in [-0.2, 0) is 16.8 Å². The Morgan fingerprint density at radius 1 is 1.36 bits per heavy atom. The van der Waals surface area contributed by atoms with Crippen molar-refractivity contribution >= 4 is 11.9 Å². The molecule has 1 saturated carbocycles. The van der Waals surface area contributed by atoms with Crippen LogP contribution < -0.4 is 10.6 Å². The van der Waals surface area contributed by atoms with Crippen molar-refractivity contribution in [3.05, 3.63) is 17.8 Å². The number of hydrogen-bond donors (Lipinski definition) is 2. The summed E-state index contributed by atoms with van der Waals surface area (Å²) in [6.45, 7) is 6.82. The van der Waals surface area contributed by atoms with Gasteiger partial charge in [-0.05, 0) is 12.8 Å². The molecule has 25 heavy (non-hydrogen) atoms. The molecule has 1 aromatic rings. The minimum atomic E-state index is -0.0671. The van der Waals surface area contributed by atoms with Gasteiger partial charge in [-0.3, -0.25) is 4.79 Å². The number of hydrogen-bond acceptors (Lipinski definition) is 4. The van der Waals surface area contributed by atoms with E-state index >= 15 is 0 Å². The predicted octanol–water partition coefficient (Wildman–Crippen LogP) is 2.04. The van der Waals surface area contributed by atoms with E-state index in [1.807, 2.05) is 0 Å². The van der Waals surface area contributed by atoms with Crippen LogP contribution in [0.25, 0.3) is 0 Å². The molecule has 0 unspecified atom stereocenters. The number of nitrogens with zero attached hydrogens (tertiary/aromatic N) is 3. The number of rotatable bonds is 5. The van der Waals surface area contributed by atoms with Gasteiger partial charge in [-0.2, -0.15) is 0 Å². The fourth-order valence-electron chi connectivity index (χ4n) is 2.60. The van der Waals surface area contributed by atoms with Crippen molar-refractivity contribution in [3.63, 3.8) is 0 Å². The number of guanidine groups is 1. The maximum Gasteiger partial charge on any atom is 0.243 e. The summed E-state index contributed by atoms with van der Waals surface area (Å²) in [5.41, 5.74) is -0.0671. The molecule has 1 amide bonds. The maximum absolute atomic E-state index is 11.8.